The number of carbonyl (C=O) groups excluding carboxylic acids is 1. The number of nitrogens with one attached hydrogen (secondary N) is 1. The Morgan fingerprint density at radius 1 is 1.19 bits per heavy atom. The largest absolute Gasteiger partial charge is 0.497 e. The van der Waals surface area contributed by atoms with Gasteiger partial charge < -0.3 is 14.8 Å². The van der Waals surface area contributed by atoms with E-state index >= 15 is 0 Å². The molecule has 0 saturated heterocycles. The van der Waals surface area contributed by atoms with Gasteiger partial charge in [-0.05, 0) is 49.7 Å². The lowest BCUT2D eigenvalue weighted by atomic mass is 10.1. The van der Waals surface area contributed by atoms with E-state index in [0.717, 1.165) is 11.3 Å². The van der Waals surface area contributed by atoms with Crippen LogP contribution in [0.25, 0.3) is 0 Å². The van der Waals surface area contributed by atoms with Crippen molar-refractivity contribution in [2.75, 3.05) is 19.0 Å². The second kappa shape index (κ2) is 6.79. The van der Waals surface area contributed by atoms with E-state index in [1.807, 2.05) is 44.2 Å². The van der Waals surface area contributed by atoms with E-state index in [-0.39, 0.29) is 5.91 Å². The van der Waals surface area contributed by atoms with Crippen LogP contribution in [0.1, 0.15) is 22.8 Å². The standard InChI is InChI=1S/C17H19NO3/c1-4-21-16-9-8-13(10-12(16)2)17(19)18-14-6-5-7-15(11-14)20-3/h5-11H,4H2,1-3H3,(H,18,19). The molecule has 1 N–H and O–H groups in total. The quantitative estimate of drug-likeness (QED) is 0.912. The number of anilines is 1. The molecule has 0 aliphatic rings. The summed E-state index contributed by atoms with van der Waals surface area (Å²) in [6.45, 7) is 4.46. The monoisotopic (exact) mass is 285 g/mol. The summed E-state index contributed by atoms with van der Waals surface area (Å²) >= 11 is 0. The highest BCUT2D eigenvalue weighted by Gasteiger charge is 2.09. The van der Waals surface area contributed by atoms with Gasteiger partial charge in [-0.25, -0.2) is 0 Å². The fourth-order valence-electron chi connectivity index (χ4n) is 2.01. The third-order valence-electron chi connectivity index (χ3n) is 3.06. The number of amides is 1. The molecule has 0 saturated carbocycles. The summed E-state index contributed by atoms with van der Waals surface area (Å²) in [5.41, 5.74) is 2.24. The van der Waals surface area contributed by atoms with Crippen molar-refractivity contribution in [2.24, 2.45) is 0 Å². The van der Waals surface area contributed by atoms with Gasteiger partial charge in [-0.1, -0.05) is 6.07 Å². The van der Waals surface area contributed by atoms with E-state index in [0.29, 0.717) is 23.6 Å². The van der Waals surface area contributed by atoms with E-state index in [2.05, 4.69) is 5.32 Å². The Hall–Kier alpha value is -2.49. The number of benzene rings is 2. The molecule has 0 unspecified atom stereocenters. The van der Waals surface area contributed by atoms with Crippen LogP contribution in [0, 0.1) is 6.92 Å². The third kappa shape index (κ3) is 3.75. The van der Waals surface area contributed by atoms with Crippen LogP contribution in [0.4, 0.5) is 5.69 Å². The molecule has 110 valence electrons. The molecule has 2 aromatic carbocycles. The first kappa shape index (κ1) is 14.9. The van der Waals surface area contributed by atoms with Crippen molar-refractivity contribution in [3.63, 3.8) is 0 Å². The predicted molar refractivity (Wildman–Crippen MR) is 83.3 cm³/mol. The summed E-state index contributed by atoms with van der Waals surface area (Å²) < 4.78 is 10.6. The number of hydrogen-bond acceptors (Lipinski definition) is 3. The van der Waals surface area contributed by atoms with Crippen molar-refractivity contribution in [3.8, 4) is 11.5 Å². The van der Waals surface area contributed by atoms with Gasteiger partial charge in [0, 0.05) is 17.3 Å². The third-order valence-corrected chi connectivity index (χ3v) is 3.06. The number of carbonyl (C=O) groups is 1. The van der Waals surface area contributed by atoms with Crippen molar-refractivity contribution in [1.82, 2.24) is 0 Å². The van der Waals surface area contributed by atoms with Gasteiger partial charge in [0.15, 0.2) is 0 Å². The van der Waals surface area contributed by atoms with Gasteiger partial charge >= 0.3 is 0 Å². The molecule has 2 aromatic rings. The van der Waals surface area contributed by atoms with E-state index < -0.39 is 0 Å². The number of methoxy groups -OCH3 is 1. The molecule has 0 bridgehead atoms. The summed E-state index contributed by atoms with van der Waals surface area (Å²) in [4.78, 5) is 12.2. The molecule has 1 amide bonds. The van der Waals surface area contributed by atoms with Crippen LogP contribution in [-0.2, 0) is 0 Å². The van der Waals surface area contributed by atoms with Crippen molar-refractivity contribution >= 4 is 11.6 Å². The highest BCUT2D eigenvalue weighted by molar-refractivity contribution is 6.04. The molecule has 0 aromatic heterocycles. The Morgan fingerprint density at radius 2 is 2.00 bits per heavy atom. The smallest absolute Gasteiger partial charge is 0.255 e. The second-order valence-corrected chi connectivity index (χ2v) is 4.60. The average molecular weight is 285 g/mol. The molecule has 4 heteroatoms. The van der Waals surface area contributed by atoms with Crippen molar-refractivity contribution in [1.29, 1.82) is 0 Å². The zero-order valence-electron chi connectivity index (χ0n) is 12.5. The molecule has 0 atom stereocenters. The molecule has 2 rings (SSSR count). The van der Waals surface area contributed by atoms with Crippen LogP contribution in [0.5, 0.6) is 11.5 Å². The highest BCUT2D eigenvalue weighted by atomic mass is 16.5. The van der Waals surface area contributed by atoms with E-state index in [1.165, 1.54) is 0 Å². The van der Waals surface area contributed by atoms with Crippen molar-refractivity contribution in [3.05, 3.63) is 53.6 Å². The summed E-state index contributed by atoms with van der Waals surface area (Å²) in [5.74, 6) is 1.35. The fraction of sp³-hybridized carbons (Fsp3) is 0.235. The highest BCUT2D eigenvalue weighted by Crippen LogP contribution is 2.21. The van der Waals surface area contributed by atoms with Crippen LogP contribution in [0.15, 0.2) is 42.5 Å². The molecule has 4 nitrogen and oxygen atoms in total. The van der Waals surface area contributed by atoms with Crippen LogP contribution in [-0.4, -0.2) is 19.6 Å². The lowest BCUT2D eigenvalue weighted by Crippen LogP contribution is -2.12. The minimum atomic E-state index is -0.158. The van der Waals surface area contributed by atoms with Gasteiger partial charge in [-0.3, -0.25) is 4.79 Å². The fourth-order valence-corrected chi connectivity index (χ4v) is 2.01. The summed E-state index contributed by atoms with van der Waals surface area (Å²) in [6, 6.07) is 12.7. The molecule has 0 radical (unpaired) electrons. The molecule has 0 spiro atoms. The Morgan fingerprint density at radius 3 is 2.67 bits per heavy atom. The summed E-state index contributed by atoms with van der Waals surface area (Å²) in [5, 5.41) is 2.85. The number of aryl methyl sites for hydroxylation is 1. The average Bonchev–Trinajstić information content (AvgIpc) is 2.49. The van der Waals surface area contributed by atoms with Gasteiger partial charge in [0.05, 0.1) is 13.7 Å². The zero-order valence-corrected chi connectivity index (χ0v) is 12.5. The van der Waals surface area contributed by atoms with Crippen LogP contribution < -0.4 is 14.8 Å². The molecule has 0 aliphatic heterocycles. The van der Waals surface area contributed by atoms with Crippen LogP contribution in [0.2, 0.25) is 0 Å². The van der Waals surface area contributed by atoms with Crippen molar-refractivity contribution < 1.29 is 14.3 Å². The SMILES string of the molecule is CCOc1ccc(C(=O)Nc2cccc(OC)c2)cc1C. The second-order valence-electron chi connectivity index (χ2n) is 4.60. The maximum absolute atomic E-state index is 12.2. The summed E-state index contributed by atoms with van der Waals surface area (Å²) in [7, 11) is 1.59. The van der Waals surface area contributed by atoms with Crippen LogP contribution >= 0.6 is 0 Å². The van der Waals surface area contributed by atoms with Crippen molar-refractivity contribution in [2.45, 2.75) is 13.8 Å². The van der Waals surface area contributed by atoms with Gasteiger partial charge in [-0.15, -0.1) is 0 Å². The maximum atomic E-state index is 12.2. The van der Waals surface area contributed by atoms with E-state index in [1.54, 1.807) is 19.2 Å². The number of hydrogen-bond donors (Lipinski definition) is 1. The first-order valence-corrected chi connectivity index (χ1v) is 6.83. The summed E-state index contributed by atoms with van der Waals surface area (Å²) in [6.07, 6.45) is 0. The Balaban J connectivity index is 2.14. The molecular weight excluding hydrogens is 266 g/mol. The Bertz CT molecular complexity index is 638. The topological polar surface area (TPSA) is 47.6 Å². The minimum absolute atomic E-state index is 0.158. The Labute approximate surface area is 124 Å². The lowest BCUT2D eigenvalue weighted by Gasteiger charge is -2.10. The molecule has 21 heavy (non-hydrogen) atoms. The molecular formula is C17H19NO3. The minimum Gasteiger partial charge on any atom is -0.497 e. The Kier molecular flexibility index (Phi) is 4.82. The van der Waals surface area contributed by atoms with Gasteiger partial charge in [0.1, 0.15) is 11.5 Å². The van der Waals surface area contributed by atoms with E-state index in [4.69, 9.17) is 9.47 Å². The zero-order chi connectivity index (χ0) is 15.2. The number of ether oxygens (including phenoxy) is 2. The first-order valence-electron chi connectivity index (χ1n) is 6.83. The van der Waals surface area contributed by atoms with Gasteiger partial charge in [0.2, 0.25) is 0 Å². The van der Waals surface area contributed by atoms with Crippen LogP contribution in [0.3, 0.4) is 0 Å². The molecule has 0 fully saturated rings. The predicted octanol–water partition coefficient (Wildman–Crippen LogP) is 3.65. The molecule has 0 heterocycles. The van der Waals surface area contributed by atoms with E-state index in [9.17, 15) is 4.79 Å². The van der Waals surface area contributed by atoms with Gasteiger partial charge in [-0.2, -0.15) is 0 Å². The molecule has 0 aliphatic carbocycles. The normalized spacial score (nSPS) is 10.0. The maximum Gasteiger partial charge on any atom is 0.255 e. The lowest BCUT2D eigenvalue weighted by molar-refractivity contribution is 0.102. The first-order chi connectivity index (χ1) is 10.1. The number of rotatable bonds is 5. The van der Waals surface area contributed by atoms with Gasteiger partial charge in [0.25, 0.3) is 5.91 Å².